The van der Waals surface area contributed by atoms with Gasteiger partial charge in [0.25, 0.3) is 0 Å². The summed E-state index contributed by atoms with van der Waals surface area (Å²) in [6, 6.07) is 12.6. The van der Waals surface area contributed by atoms with Gasteiger partial charge >= 0.3 is 0 Å². The normalized spacial score (nSPS) is 10.3. The molecule has 0 saturated heterocycles. The van der Waals surface area contributed by atoms with E-state index in [9.17, 15) is 0 Å². The summed E-state index contributed by atoms with van der Waals surface area (Å²) in [4.78, 5) is 6.42. The first-order valence-corrected chi connectivity index (χ1v) is 6.65. The Morgan fingerprint density at radius 3 is 2.47 bits per heavy atom. The highest BCUT2D eigenvalue weighted by molar-refractivity contribution is 5.64. The molecule has 0 radical (unpaired) electrons. The number of benzene rings is 1. The molecule has 0 saturated carbocycles. The summed E-state index contributed by atoms with van der Waals surface area (Å²) in [5.74, 6) is 0.969. The quantitative estimate of drug-likeness (QED) is 0.888. The molecule has 1 aromatic carbocycles. The highest BCUT2D eigenvalue weighted by atomic mass is 15.2. The standard InChI is InChI=1S/C16H21N3/c1-4-13-8-5-6-9-14(13)12-18-15-10-7-11-17-16(15)19(2)3/h5-11,18H,4,12H2,1-3H3. The van der Waals surface area contributed by atoms with Crippen LogP contribution in [0.15, 0.2) is 42.6 Å². The summed E-state index contributed by atoms with van der Waals surface area (Å²) in [6.45, 7) is 3.02. The minimum atomic E-state index is 0.830. The second-order valence-electron chi connectivity index (χ2n) is 4.74. The van der Waals surface area contributed by atoms with Crippen LogP contribution in [0.4, 0.5) is 11.5 Å². The van der Waals surface area contributed by atoms with Gasteiger partial charge in [0.15, 0.2) is 5.82 Å². The maximum absolute atomic E-state index is 4.40. The SMILES string of the molecule is CCc1ccccc1CNc1cccnc1N(C)C. The van der Waals surface area contributed by atoms with Crippen molar-refractivity contribution in [1.29, 1.82) is 0 Å². The molecule has 2 rings (SSSR count). The molecular weight excluding hydrogens is 234 g/mol. The van der Waals surface area contributed by atoms with E-state index < -0.39 is 0 Å². The zero-order valence-corrected chi connectivity index (χ0v) is 11.9. The van der Waals surface area contributed by atoms with Crippen LogP contribution in [0.1, 0.15) is 18.1 Å². The van der Waals surface area contributed by atoms with Gasteiger partial charge in [0.2, 0.25) is 0 Å². The highest BCUT2D eigenvalue weighted by Gasteiger charge is 2.05. The fourth-order valence-electron chi connectivity index (χ4n) is 2.16. The van der Waals surface area contributed by atoms with Crippen LogP contribution < -0.4 is 10.2 Å². The topological polar surface area (TPSA) is 28.2 Å². The summed E-state index contributed by atoms with van der Waals surface area (Å²) >= 11 is 0. The van der Waals surface area contributed by atoms with Gasteiger partial charge in [-0.15, -0.1) is 0 Å². The summed E-state index contributed by atoms with van der Waals surface area (Å²) in [6.07, 6.45) is 2.88. The zero-order chi connectivity index (χ0) is 13.7. The van der Waals surface area contributed by atoms with Gasteiger partial charge in [-0.25, -0.2) is 4.98 Å². The van der Waals surface area contributed by atoms with E-state index in [-0.39, 0.29) is 0 Å². The van der Waals surface area contributed by atoms with Gasteiger partial charge in [-0.2, -0.15) is 0 Å². The Morgan fingerprint density at radius 2 is 1.79 bits per heavy atom. The molecule has 0 aliphatic heterocycles. The van der Waals surface area contributed by atoms with Gasteiger partial charge in [0.1, 0.15) is 0 Å². The first-order valence-electron chi connectivity index (χ1n) is 6.65. The van der Waals surface area contributed by atoms with Crippen molar-refractivity contribution in [3.05, 3.63) is 53.7 Å². The number of aryl methyl sites for hydroxylation is 1. The average molecular weight is 255 g/mol. The number of aromatic nitrogens is 1. The second kappa shape index (κ2) is 6.23. The van der Waals surface area contributed by atoms with Gasteiger partial charge in [-0.1, -0.05) is 31.2 Å². The largest absolute Gasteiger partial charge is 0.378 e. The molecule has 3 nitrogen and oxygen atoms in total. The monoisotopic (exact) mass is 255 g/mol. The van der Waals surface area contributed by atoms with Crippen LogP contribution in [-0.4, -0.2) is 19.1 Å². The third kappa shape index (κ3) is 3.25. The number of nitrogens with one attached hydrogen (secondary N) is 1. The molecule has 0 aliphatic carbocycles. The smallest absolute Gasteiger partial charge is 0.151 e. The second-order valence-corrected chi connectivity index (χ2v) is 4.74. The van der Waals surface area contributed by atoms with Crippen LogP contribution in [0, 0.1) is 0 Å². The summed E-state index contributed by atoms with van der Waals surface area (Å²) in [7, 11) is 4.01. The van der Waals surface area contributed by atoms with E-state index in [4.69, 9.17) is 0 Å². The molecule has 1 heterocycles. The van der Waals surface area contributed by atoms with Crippen molar-refractivity contribution < 1.29 is 0 Å². The van der Waals surface area contributed by atoms with E-state index in [1.807, 2.05) is 31.3 Å². The van der Waals surface area contributed by atoms with E-state index in [1.165, 1.54) is 11.1 Å². The Balaban J connectivity index is 2.15. The van der Waals surface area contributed by atoms with Crippen LogP contribution >= 0.6 is 0 Å². The van der Waals surface area contributed by atoms with Crippen molar-refractivity contribution in [3.8, 4) is 0 Å². The van der Waals surface area contributed by atoms with Crippen LogP contribution in [0.2, 0.25) is 0 Å². The van der Waals surface area contributed by atoms with Gasteiger partial charge in [0, 0.05) is 26.8 Å². The fourth-order valence-corrected chi connectivity index (χ4v) is 2.16. The molecule has 1 N–H and O–H groups in total. The molecule has 0 fully saturated rings. The lowest BCUT2D eigenvalue weighted by Crippen LogP contribution is -2.14. The minimum Gasteiger partial charge on any atom is -0.378 e. The fraction of sp³-hybridized carbons (Fsp3) is 0.312. The first kappa shape index (κ1) is 13.4. The van der Waals surface area contributed by atoms with Crippen molar-refractivity contribution in [2.24, 2.45) is 0 Å². The number of nitrogens with zero attached hydrogens (tertiary/aromatic N) is 2. The maximum atomic E-state index is 4.40. The number of hydrogen-bond donors (Lipinski definition) is 1. The summed E-state index contributed by atoms with van der Waals surface area (Å²) in [5.41, 5.74) is 3.81. The molecule has 0 unspecified atom stereocenters. The number of rotatable bonds is 5. The van der Waals surface area contributed by atoms with Crippen LogP contribution in [0.25, 0.3) is 0 Å². The molecule has 0 amide bonds. The number of anilines is 2. The van der Waals surface area contributed by atoms with E-state index >= 15 is 0 Å². The van der Waals surface area contributed by atoms with Gasteiger partial charge in [-0.3, -0.25) is 0 Å². The van der Waals surface area contributed by atoms with Crippen LogP contribution in [0.5, 0.6) is 0 Å². The molecule has 1 aromatic heterocycles. The van der Waals surface area contributed by atoms with Crippen LogP contribution in [-0.2, 0) is 13.0 Å². The number of pyridine rings is 1. The zero-order valence-electron chi connectivity index (χ0n) is 11.9. The molecule has 0 spiro atoms. The lowest BCUT2D eigenvalue weighted by Gasteiger charge is -2.17. The Kier molecular flexibility index (Phi) is 4.39. The van der Waals surface area contributed by atoms with Crippen molar-refractivity contribution >= 4 is 11.5 Å². The predicted octanol–water partition coefficient (Wildman–Crippen LogP) is 3.32. The molecule has 3 heteroatoms. The summed E-state index contributed by atoms with van der Waals surface area (Å²) in [5, 5.41) is 3.48. The highest BCUT2D eigenvalue weighted by Crippen LogP contribution is 2.21. The molecule has 100 valence electrons. The van der Waals surface area contributed by atoms with E-state index in [1.54, 1.807) is 0 Å². The Labute approximate surface area is 115 Å². The third-order valence-corrected chi connectivity index (χ3v) is 3.18. The Bertz CT molecular complexity index is 535. The van der Waals surface area contributed by atoms with Crippen molar-refractivity contribution in [2.45, 2.75) is 19.9 Å². The van der Waals surface area contributed by atoms with Gasteiger partial charge in [-0.05, 0) is 29.7 Å². The molecule has 0 atom stereocenters. The molecular formula is C16H21N3. The molecule has 2 aromatic rings. The summed E-state index contributed by atoms with van der Waals surface area (Å²) < 4.78 is 0. The maximum Gasteiger partial charge on any atom is 0.151 e. The molecule has 0 bridgehead atoms. The van der Waals surface area contributed by atoms with Crippen molar-refractivity contribution in [2.75, 3.05) is 24.3 Å². The third-order valence-electron chi connectivity index (χ3n) is 3.18. The van der Waals surface area contributed by atoms with Gasteiger partial charge < -0.3 is 10.2 Å². The first-order chi connectivity index (χ1) is 9.22. The number of hydrogen-bond acceptors (Lipinski definition) is 3. The predicted molar refractivity (Wildman–Crippen MR) is 81.7 cm³/mol. The Hall–Kier alpha value is -2.03. The average Bonchev–Trinajstić information content (AvgIpc) is 2.45. The van der Waals surface area contributed by atoms with Crippen molar-refractivity contribution in [1.82, 2.24) is 4.98 Å². The van der Waals surface area contributed by atoms with Crippen molar-refractivity contribution in [3.63, 3.8) is 0 Å². The molecule has 0 aliphatic rings. The minimum absolute atomic E-state index is 0.830. The van der Waals surface area contributed by atoms with E-state index in [0.717, 1.165) is 24.5 Å². The lowest BCUT2D eigenvalue weighted by atomic mass is 10.1. The lowest BCUT2D eigenvalue weighted by molar-refractivity contribution is 1.02. The van der Waals surface area contributed by atoms with E-state index in [0.29, 0.717) is 0 Å². The Morgan fingerprint density at radius 1 is 1.05 bits per heavy atom. The molecule has 19 heavy (non-hydrogen) atoms. The van der Waals surface area contributed by atoms with Crippen LogP contribution in [0.3, 0.4) is 0 Å². The van der Waals surface area contributed by atoms with Gasteiger partial charge in [0.05, 0.1) is 5.69 Å². The van der Waals surface area contributed by atoms with E-state index in [2.05, 4.69) is 47.6 Å².